The fourth-order valence-corrected chi connectivity index (χ4v) is 2.08. The third-order valence-corrected chi connectivity index (χ3v) is 3.23. The van der Waals surface area contributed by atoms with E-state index in [2.05, 4.69) is 46.5 Å². The van der Waals surface area contributed by atoms with Crippen LogP contribution in [0.2, 0.25) is 0 Å². The van der Waals surface area contributed by atoms with Crippen LogP contribution in [0.25, 0.3) is 0 Å². The highest BCUT2D eigenvalue weighted by Gasteiger charge is 2.04. The van der Waals surface area contributed by atoms with Gasteiger partial charge >= 0.3 is 0 Å². The van der Waals surface area contributed by atoms with Gasteiger partial charge in [0.05, 0.1) is 6.54 Å². The van der Waals surface area contributed by atoms with E-state index < -0.39 is 0 Å². The summed E-state index contributed by atoms with van der Waals surface area (Å²) in [7, 11) is 0. The highest BCUT2D eigenvalue weighted by Crippen LogP contribution is 2.21. The summed E-state index contributed by atoms with van der Waals surface area (Å²) in [5.41, 5.74) is 2.25. The van der Waals surface area contributed by atoms with Crippen LogP contribution in [0.5, 0.6) is 0 Å². The van der Waals surface area contributed by atoms with Gasteiger partial charge in [-0.25, -0.2) is 0 Å². The average molecular weight is 313 g/mol. The minimum Gasteiger partial charge on any atom is -0.376 e. The molecule has 1 aromatic rings. The molecule has 100 valence electrons. The molecule has 0 radical (unpaired) electrons. The van der Waals surface area contributed by atoms with E-state index in [0.29, 0.717) is 6.54 Å². The molecule has 0 fully saturated rings. The van der Waals surface area contributed by atoms with E-state index >= 15 is 0 Å². The van der Waals surface area contributed by atoms with Gasteiger partial charge in [0.15, 0.2) is 0 Å². The number of aryl methyl sites for hydroxylation is 1. The van der Waals surface area contributed by atoms with E-state index in [4.69, 9.17) is 0 Å². The molecule has 4 heteroatoms. The molecule has 0 saturated heterocycles. The number of hydrogen-bond donors (Lipinski definition) is 2. The highest BCUT2D eigenvalue weighted by atomic mass is 79.9. The number of nitrogens with one attached hydrogen (secondary N) is 2. The minimum absolute atomic E-state index is 0.0495. The molecule has 1 rings (SSSR count). The summed E-state index contributed by atoms with van der Waals surface area (Å²) < 4.78 is 1.07. The van der Waals surface area contributed by atoms with Crippen LogP contribution in [-0.4, -0.2) is 19.0 Å². The summed E-state index contributed by atoms with van der Waals surface area (Å²) in [6.45, 7) is 5.31. The van der Waals surface area contributed by atoms with Crippen molar-refractivity contribution in [3.8, 4) is 0 Å². The van der Waals surface area contributed by atoms with Crippen LogP contribution < -0.4 is 10.6 Å². The zero-order valence-corrected chi connectivity index (χ0v) is 12.6. The van der Waals surface area contributed by atoms with Crippen molar-refractivity contribution in [2.24, 2.45) is 0 Å². The Morgan fingerprint density at radius 1 is 1.33 bits per heavy atom. The number of amides is 1. The molecule has 0 spiro atoms. The molecule has 0 heterocycles. The van der Waals surface area contributed by atoms with E-state index in [0.717, 1.165) is 36.0 Å². The van der Waals surface area contributed by atoms with Crippen LogP contribution in [0.15, 0.2) is 22.7 Å². The van der Waals surface area contributed by atoms with Crippen LogP contribution in [0, 0.1) is 0 Å². The monoisotopic (exact) mass is 312 g/mol. The van der Waals surface area contributed by atoms with Crippen molar-refractivity contribution in [3.63, 3.8) is 0 Å². The third-order valence-electron chi connectivity index (χ3n) is 2.74. The lowest BCUT2D eigenvalue weighted by atomic mass is 10.1. The summed E-state index contributed by atoms with van der Waals surface area (Å²) in [5, 5.41) is 6.08. The predicted molar refractivity (Wildman–Crippen MR) is 79.9 cm³/mol. The summed E-state index contributed by atoms with van der Waals surface area (Å²) in [4.78, 5) is 11.6. The molecule has 0 aliphatic rings. The van der Waals surface area contributed by atoms with Crippen molar-refractivity contribution in [1.82, 2.24) is 5.32 Å². The molecule has 3 nitrogen and oxygen atoms in total. The first-order valence-corrected chi connectivity index (χ1v) is 7.25. The number of unbranched alkanes of at least 4 members (excludes halogenated alkanes) is 1. The second kappa shape index (κ2) is 8.14. The van der Waals surface area contributed by atoms with Crippen LogP contribution in [0.4, 0.5) is 5.69 Å². The van der Waals surface area contributed by atoms with Crippen molar-refractivity contribution >= 4 is 27.5 Å². The first kappa shape index (κ1) is 15.0. The number of hydrogen-bond acceptors (Lipinski definition) is 2. The largest absolute Gasteiger partial charge is 0.376 e. The van der Waals surface area contributed by atoms with Crippen molar-refractivity contribution in [3.05, 3.63) is 28.2 Å². The van der Waals surface area contributed by atoms with Crippen molar-refractivity contribution < 1.29 is 4.79 Å². The summed E-state index contributed by atoms with van der Waals surface area (Å²) in [6, 6.07) is 6.07. The summed E-state index contributed by atoms with van der Waals surface area (Å²) >= 11 is 3.45. The maximum atomic E-state index is 11.6. The smallest absolute Gasteiger partial charge is 0.239 e. The lowest BCUT2D eigenvalue weighted by Crippen LogP contribution is -2.30. The van der Waals surface area contributed by atoms with Gasteiger partial charge in [-0.1, -0.05) is 36.2 Å². The molecule has 1 amide bonds. The van der Waals surface area contributed by atoms with E-state index in [1.54, 1.807) is 0 Å². The first-order valence-electron chi connectivity index (χ1n) is 6.46. The van der Waals surface area contributed by atoms with E-state index in [-0.39, 0.29) is 5.91 Å². The number of anilines is 1. The Labute approximate surface area is 117 Å². The number of halogens is 1. The summed E-state index contributed by atoms with van der Waals surface area (Å²) in [6.07, 6.45) is 3.07. The molecular weight excluding hydrogens is 292 g/mol. The Kier molecular flexibility index (Phi) is 6.80. The molecule has 0 aliphatic heterocycles. The number of carbonyl (C=O) groups is 1. The van der Waals surface area contributed by atoms with Crippen LogP contribution in [0.1, 0.15) is 32.3 Å². The van der Waals surface area contributed by atoms with Gasteiger partial charge in [-0.15, -0.1) is 0 Å². The van der Waals surface area contributed by atoms with Gasteiger partial charge in [0, 0.05) is 16.7 Å². The van der Waals surface area contributed by atoms with E-state index in [1.807, 2.05) is 12.1 Å². The van der Waals surface area contributed by atoms with Crippen molar-refractivity contribution in [2.75, 3.05) is 18.4 Å². The molecule has 0 atom stereocenters. The fraction of sp³-hybridized carbons (Fsp3) is 0.500. The highest BCUT2D eigenvalue weighted by molar-refractivity contribution is 9.10. The first-order chi connectivity index (χ1) is 8.67. The molecule has 0 saturated carbocycles. The Morgan fingerprint density at radius 3 is 2.78 bits per heavy atom. The Morgan fingerprint density at radius 2 is 2.11 bits per heavy atom. The molecular formula is C14H21BrN2O. The van der Waals surface area contributed by atoms with Gasteiger partial charge in [0.25, 0.3) is 0 Å². The predicted octanol–water partition coefficient (Wildman–Crippen LogP) is 3.34. The van der Waals surface area contributed by atoms with Crippen molar-refractivity contribution in [2.45, 2.75) is 33.1 Å². The zero-order chi connectivity index (χ0) is 13.4. The maximum absolute atomic E-state index is 11.6. The van der Waals surface area contributed by atoms with Crippen molar-refractivity contribution in [1.29, 1.82) is 0 Å². The molecule has 0 aliphatic carbocycles. The van der Waals surface area contributed by atoms with Crippen LogP contribution in [-0.2, 0) is 11.2 Å². The molecule has 0 unspecified atom stereocenters. The quantitative estimate of drug-likeness (QED) is 0.758. The summed E-state index contributed by atoms with van der Waals surface area (Å²) in [5.74, 6) is 0.0495. The number of rotatable bonds is 7. The van der Waals surface area contributed by atoms with E-state index in [9.17, 15) is 4.79 Å². The second-order valence-electron chi connectivity index (χ2n) is 4.21. The van der Waals surface area contributed by atoms with Crippen LogP contribution >= 0.6 is 15.9 Å². The topological polar surface area (TPSA) is 41.1 Å². The van der Waals surface area contributed by atoms with Gasteiger partial charge in [-0.3, -0.25) is 4.79 Å². The number of carbonyl (C=O) groups excluding carboxylic acids is 1. The molecule has 18 heavy (non-hydrogen) atoms. The average Bonchev–Trinajstić information content (AvgIpc) is 2.37. The Balaban J connectivity index is 2.45. The van der Waals surface area contributed by atoms with Gasteiger partial charge in [-0.2, -0.15) is 0 Å². The van der Waals surface area contributed by atoms with E-state index in [1.165, 1.54) is 5.56 Å². The Hall–Kier alpha value is -1.03. The second-order valence-corrected chi connectivity index (χ2v) is 5.13. The third kappa shape index (κ3) is 5.08. The Bertz CT molecular complexity index is 393. The standard InChI is InChI=1S/C14H21BrN2O/c1-3-5-8-16-14(18)10-17-13-7-6-12(15)9-11(13)4-2/h6-7,9,17H,3-5,8,10H2,1-2H3,(H,16,18). The lowest BCUT2D eigenvalue weighted by Gasteiger charge is -2.11. The molecule has 2 N–H and O–H groups in total. The molecule has 0 aromatic heterocycles. The van der Waals surface area contributed by atoms with Gasteiger partial charge in [0.2, 0.25) is 5.91 Å². The van der Waals surface area contributed by atoms with Gasteiger partial charge < -0.3 is 10.6 Å². The normalized spacial score (nSPS) is 10.2. The molecule has 0 bridgehead atoms. The maximum Gasteiger partial charge on any atom is 0.239 e. The number of benzene rings is 1. The fourth-order valence-electron chi connectivity index (χ4n) is 1.67. The van der Waals surface area contributed by atoms with Crippen LogP contribution in [0.3, 0.4) is 0 Å². The zero-order valence-electron chi connectivity index (χ0n) is 11.1. The van der Waals surface area contributed by atoms with Gasteiger partial charge in [0.1, 0.15) is 0 Å². The minimum atomic E-state index is 0.0495. The SMILES string of the molecule is CCCCNC(=O)CNc1ccc(Br)cc1CC. The van der Waals surface area contributed by atoms with Gasteiger partial charge in [-0.05, 0) is 36.6 Å². The molecule has 1 aromatic carbocycles. The lowest BCUT2D eigenvalue weighted by molar-refractivity contribution is -0.119.